The van der Waals surface area contributed by atoms with E-state index in [1.807, 2.05) is 0 Å². The number of carbonyl (C=O) groups is 2. The largest absolute Gasteiger partial charge is 0.402 e. The van der Waals surface area contributed by atoms with Gasteiger partial charge in [0.15, 0.2) is 10.8 Å². The van der Waals surface area contributed by atoms with Crippen LogP contribution in [0.1, 0.15) is 18.2 Å². The van der Waals surface area contributed by atoms with Crippen LogP contribution in [0.5, 0.6) is 0 Å². The second-order valence-corrected chi connectivity index (χ2v) is 7.48. The number of hydrogen-bond donors (Lipinski definition) is 0. The van der Waals surface area contributed by atoms with Crippen LogP contribution in [0.3, 0.4) is 0 Å². The first kappa shape index (κ1) is 19.9. The van der Waals surface area contributed by atoms with E-state index in [9.17, 15) is 14.0 Å². The highest BCUT2D eigenvalue weighted by molar-refractivity contribution is 7.14. The van der Waals surface area contributed by atoms with Crippen molar-refractivity contribution in [3.8, 4) is 0 Å². The molecule has 0 aliphatic carbocycles. The minimum Gasteiger partial charge on any atom is -0.402 e. The number of halogens is 2. The lowest BCUT2D eigenvalue weighted by atomic mass is 10.2. The van der Waals surface area contributed by atoms with Crippen LogP contribution < -0.4 is 4.90 Å². The molecule has 6 nitrogen and oxygen atoms in total. The predicted molar refractivity (Wildman–Crippen MR) is 113 cm³/mol. The standard InChI is InChI=1S/C21H13ClFN3O3S/c1-12(27)26(18-8-3-2-7-16(18)23)21-24-15(11-30-21)10-17-20(28)29-19(25-17)13-5-4-6-14(22)9-13/h2-11H,1H3/b17-10-. The fourth-order valence-electron chi connectivity index (χ4n) is 2.78. The van der Waals surface area contributed by atoms with Gasteiger partial charge in [-0.25, -0.2) is 19.2 Å². The monoisotopic (exact) mass is 441 g/mol. The third-order valence-corrected chi connectivity index (χ3v) is 5.17. The lowest BCUT2D eigenvalue weighted by molar-refractivity contribution is -0.130. The van der Waals surface area contributed by atoms with Gasteiger partial charge in [-0.3, -0.25) is 9.69 Å². The summed E-state index contributed by atoms with van der Waals surface area (Å²) in [6.45, 7) is 1.32. The zero-order valence-electron chi connectivity index (χ0n) is 15.5. The van der Waals surface area contributed by atoms with Crippen molar-refractivity contribution in [3.05, 3.63) is 81.7 Å². The molecule has 0 atom stereocenters. The minimum absolute atomic E-state index is 0.0575. The average Bonchev–Trinajstić information content (AvgIpc) is 3.31. The summed E-state index contributed by atoms with van der Waals surface area (Å²) in [6.07, 6.45) is 1.44. The topological polar surface area (TPSA) is 71.9 Å². The molecule has 9 heteroatoms. The van der Waals surface area contributed by atoms with Crippen LogP contribution in [-0.2, 0) is 14.3 Å². The zero-order valence-corrected chi connectivity index (χ0v) is 17.1. The third kappa shape index (κ3) is 4.00. The Labute approximate surface area is 179 Å². The summed E-state index contributed by atoms with van der Waals surface area (Å²) in [7, 11) is 0. The summed E-state index contributed by atoms with van der Waals surface area (Å²) in [5.41, 5.74) is 1.11. The molecule has 0 N–H and O–H groups in total. The summed E-state index contributed by atoms with van der Waals surface area (Å²) in [4.78, 5) is 34.0. The van der Waals surface area contributed by atoms with Gasteiger partial charge >= 0.3 is 5.97 Å². The van der Waals surface area contributed by atoms with Gasteiger partial charge in [-0.2, -0.15) is 0 Å². The number of thiazole rings is 1. The van der Waals surface area contributed by atoms with Crippen molar-refractivity contribution < 1.29 is 18.7 Å². The van der Waals surface area contributed by atoms with E-state index in [1.54, 1.807) is 35.7 Å². The summed E-state index contributed by atoms with van der Waals surface area (Å²) in [6, 6.07) is 12.7. The number of nitrogens with zero attached hydrogens (tertiary/aromatic N) is 3. The number of para-hydroxylation sites is 1. The number of ether oxygens (including phenoxy) is 1. The van der Waals surface area contributed by atoms with Gasteiger partial charge in [-0.1, -0.05) is 29.8 Å². The van der Waals surface area contributed by atoms with Gasteiger partial charge in [-0.05, 0) is 36.4 Å². The van der Waals surface area contributed by atoms with E-state index in [0.717, 1.165) is 11.3 Å². The molecular formula is C21H13ClFN3O3S. The van der Waals surface area contributed by atoms with Crippen LogP contribution in [0.2, 0.25) is 5.02 Å². The molecular weight excluding hydrogens is 429 g/mol. The zero-order chi connectivity index (χ0) is 21.3. The van der Waals surface area contributed by atoms with Gasteiger partial charge in [0.05, 0.1) is 11.4 Å². The van der Waals surface area contributed by atoms with Gasteiger partial charge in [0.25, 0.3) is 0 Å². The molecule has 0 radical (unpaired) electrons. The molecule has 3 aromatic rings. The highest BCUT2D eigenvalue weighted by Crippen LogP contribution is 2.31. The Kier molecular flexibility index (Phi) is 5.43. The average molecular weight is 442 g/mol. The minimum atomic E-state index is -0.628. The first-order valence-corrected chi connectivity index (χ1v) is 9.97. The molecule has 1 amide bonds. The Morgan fingerprint density at radius 2 is 2.03 bits per heavy atom. The molecule has 0 saturated heterocycles. The second-order valence-electron chi connectivity index (χ2n) is 6.21. The van der Waals surface area contributed by atoms with E-state index in [2.05, 4.69) is 9.98 Å². The first-order valence-electron chi connectivity index (χ1n) is 8.71. The molecule has 0 saturated carbocycles. The molecule has 4 rings (SSSR count). The number of cyclic esters (lactones) is 1. The number of esters is 1. The van der Waals surface area contributed by atoms with Crippen molar-refractivity contribution >= 4 is 57.6 Å². The molecule has 30 heavy (non-hydrogen) atoms. The Hall–Kier alpha value is -3.36. The van der Waals surface area contributed by atoms with E-state index >= 15 is 0 Å². The fourth-order valence-corrected chi connectivity index (χ4v) is 3.81. The van der Waals surface area contributed by atoms with Crippen molar-refractivity contribution in [3.63, 3.8) is 0 Å². The maximum atomic E-state index is 14.2. The van der Waals surface area contributed by atoms with Crippen LogP contribution in [0.25, 0.3) is 6.08 Å². The Bertz CT molecular complexity index is 1220. The molecule has 0 spiro atoms. The number of aliphatic imine (C=N–C) groups is 1. The third-order valence-electron chi connectivity index (χ3n) is 4.09. The lowest BCUT2D eigenvalue weighted by Crippen LogP contribution is -2.23. The van der Waals surface area contributed by atoms with E-state index in [4.69, 9.17) is 16.3 Å². The van der Waals surface area contributed by atoms with Crippen LogP contribution in [-0.4, -0.2) is 22.8 Å². The van der Waals surface area contributed by atoms with Crippen LogP contribution in [0.15, 0.2) is 64.6 Å². The Balaban J connectivity index is 1.65. The SMILES string of the molecule is CC(=O)N(c1nc(/C=C2\N=C(c3cccc(Cl)c3)OC2=O)cs1)c1ccccc1F. The number of carbonyl (C=O) groups excluding carboxylic acids is 2. The molecule has 0 unspecified atom stereocenters. The highest BCUT2D eigenvalue weighted by Gasteiger charge is 2.25. The van der Waals surface area contributed by atoms with E-state index in [0.29, 0.717) is 16.3 Å². The second kappa shape index (κ2) is 8.17. The molecule has 1 aromatic heterocycles. The summed E-state index contributed by atoms with van der Waals surface area (Å²) in [5.74, 6) is -1.42. The number of aromatic nitrogens is 1. The molecule has 2 heterocycles. The van der Waals surface area contributed by atoms with Gasteiger partial charge in [-0.15, -0.1) is 11.3 Å². The molecule has 1 aliphatic rings. The number of rotatable bonds is 4. The quantitative estimate of drug-likeness (QED) is 0.423. The maximum Gasteiger partial charge on any atom is 0.363 e. The first-order chi connectivity index (χ1) is 14.4. The number of benzene rings is 2. The van der Waals surface area contributed by atoms with Crippen molar-refractivity contribution in [1.82, 2.24) is 4.98 Å². The summed E-state index contributed by atoms with van der Waals surface area (Å²) < 4.78 is 19.4. The lowest BCUT2D eigenvalue weighted by Gasteiger charge is -2.18. The van der Waals surface area contributed by atoms with Crippen molar-refractivity contribution in [2.45, 2.75) is 6.92 Å². The number of anilines is 2. The van der Waals surface area contributed by atoms with Crippen molar-refractivity contribution in [2.75, 3.05) is 4.90 Å². The van der Waals surface area contributed by atoms with E-state index in [-0.39, 0.29) is 22.4 Å². The molecule has 0 fully saturated rings. The smallest absolute Gasteiger partial charge is 0.363 e. The number of hydrogen-bond acceptors (Lipinski definition) is 6. The van der Waals surface area contributed by atoms with Gasteiger partial charge in [0, 0.05) is 22.9 Å². The van der Waals surface area contributed by atoms with Crippen LogP contribution >= 0.6 is 22.9 Å². The van der Waals surface area contributed by atoms with Crippen molar-refractivity contribution in [1.29, 1.82) is 0 Å². The van der Waals surface area contributed by atoms with E-state index < -0.39 is 17.7 Å². The maximum absolute atomic E-state index is 14.2. The fraction of sp³-hybridized carbons (Fsp3) is 0.0476. The van der Waals surface area contributed by atoms with Crippen LogP contribution in [0.4, 0.5) is 15.2 Å². The van der Waals surface area contributed by atoms with Gasteiger partial charge < -0.3 is 4.74 Å². The van der Waals surface area contributed by atoms with Crippen molar-refractivity contribution in [2.24, 2.45) is 4.99 Å². The predicted octanol–water partition coefficient (Wildman–Crippen LogP) is 4.96. The van der Waals surface area contributed by atoms with Crippen LogP contribution in [0, 0.1) is 5.82 Å². The highest BCUT2D eigenvalue weighted by atomic mass is 35.5. The number of amides is 1. The summed E-state index contributed by atoms with van der Waals surface area (Å²) in [5, 5.41) is 2.40. The molecule has 150 valence electrons. The molecule has 1 aliphatic heterocycles. The van der Waals surface area contributed by atoms with Gasteiger partial charge in [0.2, 0.25) is 11.8 Å². The Morgan fingerprint density at radius 3 is 2.77 bits per heavy atom. The summed E-state index contributed by atoms with van der Waals surface area (Å²) >= 11 is 7.11. The van der Waals surface area contributed by atoms with E-state index in [1.165, 1.54) is 36.1 Å². The normalized spacial score (nSPS) is 14.6. The molecule has 2 aromatic carbocycles. The molecule has 0 bridgehead atoms. The Morgan fingerprint density at radius 1 is 1.23 bits per heavy atom. The van der Waals surface area contributed by atoms with Gasteiger partial charge in [0.1, 0.15) is 5.82 Å².